The Morgan fingerprint density at radius 3 is 2.65 bits per heavy atom. The van der Waals surface area contributed by atoms with Gasteiger partial charge in [0.15, 0.2) is 0 Å². The molecule has 2 aromatic carbocycles. The molecule has 0 aromatic heterocycles. The molecule has 0 spiro atoms. The third-order valence-electron chi connectivity index (χ3n) is 3.42. The molecule has 3 nitrogen and oxygen atoms in total. The predicted octanol–water partition coefficient (Wildman–Crippen LogP) is 3.75. The summed E-state index contributed by atoms with van der Waals surface area (Å²) in [4.78, 5) is 18.4. The van der Waals surface area contributed by atoms with E-state index in [1.807, 2.05) is 43.3 Å². The highest BCUT2D eigenvalue weighted by Gasteiger charge is 2.30. The highest BCUT2D eigenvalue weighted by atomic mass is 35.5. The van der Waals surface area contributed by atoms with Crippen LogP contribution >= 0.6 is 11.6 Å². The fraction of sp³-hybridized carbons (Fsp3) is 0.125. The molecule has 100 valence electrons. The van der Waals surface area contributed by atoms with Gasteiger partial charge in [0, 0.05) is 17.6 Å². The number of carbonyl (C=O) groups is 1. The summed E-state index contributed by atoms with van der Waals surface area (Å²) in [6, 6.07) is 13.2. The lowest BCUT2D eigenvalue weighted by Gasteiger charge is -2.07. The first-order valence-electron chi connectivity index (χ1n) is 6.30. The van der Waals surface area contributed by atoms with E-state index in [-0.39, 0.29) is 5.91 Å². The van der Waals surface area contributed by atoms with E-state index in [1.54, 1.807) is 18.0 Å². The Bertz CT molecular complexity index is 737. The van der Waals surface area contributed by atoms with Gasteiger partial charge in [-0.05, 0) is 30.7 Å². The number of rotatable bonds is 1. The van der Waals surface area contributed by atoms with Gasteiger partial charge in [-0.15, -0.1) is 0 Å². The van der Waals surface area contributed by atoms with Crippen molar-refractivity contribution in [2.75, 3.05) is 11.9 Å². The number of para-hydroxylation sites is 1. The van der Waals surface area contributed by atoms with Crippen LogP contribution in [0, 0.1) is 6.92 Å². The molecule has 1 aliphatic rings. The fourth-order valence-electron chi connectivity index (χ4n) is 2.24. The topological polar surface area (TPSA) is 32.7 Å². The van der Waals surface area contributed by atoms with Gasteiger partial charge >= 0.3 is 0 Å². The minimum atomic E-state index is -0.0945. The highest BCUT2D eigenvalue weighted by molar-refractivity contribution is 6.54. The lowest BCUT2D eigenvalue weighted by molar-refractivity contribution is -0.111. The zero-order chi connectivity index (χ0) is 14.3. The molecule has 0 N–H and O–H groups in total. The summed E-state index contributed by atoms with van der Waals surface area (Å²) in [6.45, 7) is 1.93. The average molecular weight is 285 g/mol. The molecule has 4 heteroatoms. The largest absolute Gasteiger partial charge is 0.309 e. The molecular formula is C16H13ClN2O. The Labute approximate surface area is 122 Å². The van der Waals surface area contributed by atoms with E-state index in [4.69, 9.17) is 11.6 Å². The van der Waals surface area contributed by atoms with E-state index in [2.05, 4.69) is 4.99 Å². The van der Waals surface area contributed by atoms with Crippen molar-refractivity contribution < 1.29 is 4.79 Å². The van der Waals surface area contributed by atoms with Gasteiger partial charge in [-0.2, -0.15) is 0 Å². The standard InChI is InChI=1S/C16H13ClN2O/c1-10-7-8-11(9-13(10)17)18-15-12-5-3-4-6-14(12)19(2)16(15)20/h3-9H,1-2H3. The second-order valence-corrected chi connectivity index (χ2v) is 5.18. The lowest BCUT2D eigenvalue weighted by atomic mass is 10.1. The summed E-state index contributed by atoms with van der Waals surface area (Å²) >= 11 is 6.10. The average Bonchev–Trinajstić information content (AvgIpc) is 2.69. The fourth-order valence-corrected chi connectivity index (χ4v) is 2.41. The quantitative estimate of drug-likeness (QED) is 0.785. The summed E-state index contributed by atoms with van der Waals surface area (Å²) < 4.78 is 0. The Morgan fingerprint density at radius 1 is 1.15 bits per heavy atom. The number of fused-ring (bicyclic) bond motifs is 1. The summed E-state index contributed by atoms with van der Waals surface area (Å²) in [5.41, 5.74) is 3.88. The van der Waals surface area contributed by atoms with Gasteiger partial charge in [0.1, 0.15) is 5.71 Å². The second kappa shape index (κ2) is 4.76. The van der Waals surface area contributed by atoms with Crippen LogP contribution in [0.4, 0.5) is 11.4 Å². The third-order valence-corrected chi connectivity index (χ3v) is 3.83. The Kier molecular flexibility index (Phi) is 3.07. The normalized spacial score (nSPS) is 15.8. The van der Waals surface area contributed by atoms with Gasteiger partial charge in [-0.3, -0.25) is 4.79 Å². The van der Waals surface area contributed by atoms with Crippen molar-refractivity contribution in [3.63, 3.8) is 0 Å². The van der Waals surface area contributed by atoms with Gasteiger partial charge in [0.05, 0.1) is 11.4 Å². The van der Waals surface area contributed by atoms with E-state index in [0.29, 0.717) is 16.4 Å². The van der Waals surface area contributed by atoms with Gasteiger partial charge in [0.2, 0.25) is 0 Å². The minimum absolute atomic E-state index is 0.0945. The highest BCUT2D eigenvalue weighted by Crippen LogP contribution is 2.30. The molecule has 0 saturated heterocycles. The van der Waals surface area contributed by atoms with Crippen molar-refractivity contribution in [1.29, 1.82) is 0 Å². The van der Waals surface area contributed by atoms with Crippen molar-refractivity contribution >= 4 is 34.6 Å². The van der Waals surface area contributed by atoms with Crippen molar-refractivity contribution in [3.8, 4) is 0 Å². The first-order valence-corrected chi connectivity index (χ1v) is 6.68. The van der Waals surface area contributed by atoms with E-state index < -0.39 is 0 Å². The maximum Gasteiger partial charge on any atom is 0.277 e. The SMILES string of the molecule is Cc1ccc(N=C2C(=O)N(C)c3ccccc32)cc1Cl. The Morgan fingerprint density at radius 2 is 1.90 bits per heavy atom. The zero-order valence-corrected chi connectivity index (χ0v) is 12.0. The molecule has 1 heterocycles. The molecule has 0 radical (unpaired) electrons. The molecule has 2 aromatic rings. The number of nitrogens with zero attached hydrogens (tertiary/aromatic N) is 2. The van der Waals surface area contributed by atoms with Crippen LogP contribution < -0.4 is 4.90 Å². The molecule has 0 bridgehead atoms. The molecule has 3 rings (SSSR count). The summed E-state index contributed by atoms with van der Waals surface area (Å²) in [6.07, 6.45) is 0. The molecule has 0 saturated carbocycles. The Balaban J connectivity index is 2.12. The smallest absolute Gasteiger partial charge is 0.277 e. The second-order valence-electron chi connectivity index (χ2n) is 4.78. The van der Waals surface area contributed by atoms with Crippen LogP contribution in [0.3, 0.4) is 0 Å². The summed E-state index contributed by atoms with van der Waals surface area (Å²) in [5, 5.41) is 0.652. The Hall–Kier alpha value is -2.13. The monoisotopic (exact) mass is 284 g/mol. The van der Waals surface area contributed by atoms with E-state index in [1.165, 1.54) is 0 Å². The van der Waals surface area contributed by atoms with E-state index in [9.17, 15) is 4.79 Å². The number of anilines is 1. The van der Waals surface area contributed by atoms with Crippen LogP contribution in [-0.2, 0) is 4.79 Å². The molecule has 0 atom stereocenters. The number of carbonyl (C=O) groups excluding carboxylic acids is 1. The summed E-state index contributed by atoms with van der Waals surface area (Å²) in [7, 11) is 1.76. The molecule has 1 amide bonds. The molecule has 20 heavy (non-hydrogen) atoms. The number of halogens is 1. The molecule has 1 aliphatic heterocycles. The molecular weight excluding hydrogens is 272 g/mol. The van der Waals surface area contributed by atoms with Crippen LogP contribution in [-0.4, -0.2) is 18.7 Å². The number of benzene rings is 2. The van der Waals surface area contributed by atoms with Gasteiger partial charge < -0.3 is 4.90 Å². The van der Waals surface area contributed by atoms with Crippen LogP contribution in [0.1, 0.15) is 11.1 Å². The molecule has 0 fully saturated rings. The maximum atomic E-state index is 12.3. The van der Waals surface area contributed by atoms with E-state index in [0.717, 1.165) is 16.8 Å². The van der Waals surface area contributed by atoms with Gasteiger partial charge in [-0.25, -0.2) is 4.99 Å². The van der Waals surface area contributed by atoms with E-state index >= 15 is 0 Å². The van der Waals surface area contributed by atoms with Crippen LogP contribution in [0.15, 0.2) is 47.5 Å². The number of hydrogen-bond acceptors (Lipinski definition) is 2. The number of aliphatic imine (C=N–C) groups is 1. The molecule has 0 aliphatic carbocycles. The zero-order valence-electron chi connectivity index (χ0n) is 11.2. The number of likely N-dealkylation sites (N-methyl/N-ethyl adjacent to an activating group) is 1. The maximum absolute atomic E-state index is 12.3. The molecule has 0 unspecified atom stereocenters. The van der Waals surface area contributed by atoms with Crippen molar-refractivity contribution in [2.45, 2.75) is 6.92 Å². The van der Waals surface area contributed by atoms with Crippen LogP contribution in [0.5, 0.6) is 0 Å². The number of aryl methyl sites for hydroxylation is 1. The van der Waals surface area contributed by atoms with Crippen LogP contribution in [0.25, 0.3) is 0 Å². The van der Waals surface area contributed by atoms with Crippen molar-refractivity contribution in [3.05, 3.63) is 58.6 Å². The van der Waals surface area contributed by atoms with Crippen molar-refractivity contribution in [1.82, 2.24) is 0 Å². The first-order chi connectivity index (χ1) is 9.58. The first kappa shape index (κ1) is 12.9. The number of hydrogen-bond donors (Lipinski definition) is 0. The lowest BCUT2D eigenvalue weighted by Crippen LogP contribution is -2.25. The minimum Gasteiger partial charge on any atom is -0.309 e. The van der Waals surface area contributed by atoms with Crippen LogP contribution in [0.2, 0.25) is 5.02 Å². The van der Waals surface area contributed by atoms with Gasteiger partial charge in [-0.1, -0.05) is 35.9 Å². The number of amides is 1. The third kappa shape index (κ3) is 2.00. The van der Waals surface area contributed by atoms with Gasteiger partial charge in [0.25, 0.3) is 5.91 Å². The predicted molar refractivity (Wildman–Crippen MR) is 82.2 cm³/mol. The summed E-state index contributed by atoms with van der Waals surface area (Å²) in [5.74, 6) is -0.0945. The van der Waals surface area contributed by atoms with Crippen molar-refractivity contribution in [2.24, 2.45) is 4.99 Å².